The number of carbonyl (C=O) groups excluding carboxylic acids is 1. The van der Waals surface area contributed by atoms with Gasteiger partial charge in [-0.2, -0.15) is 0 Å². The summed E-state index contributed by atoms with van der Waals surface area (Å²) in [5.74, 6) is -0.381. The van der Waals surface area contributed by atoms with Crippen LogP contribution < -0.4 is 5.32 Å². The van der Waals surface area contributed by atoms with E-state index in [9.17, 15) is 9.18 Å². The summed E-state index contributed by atoms with van der Waals surface area (Å²) < 4.78 is 24.8. The van der Waals surface area contributed by atoms with Crippen LogP contribution >= 0.6 is 0 Å². The highest BCUT2D eigenvalue weighted by Crippen LogP contribution is 2.34. The quantitative estimate of drug-likeness (QED) is 0.891. The summed E-state index contributed by atoms with van der Waals surface area (Å²) >= 11 is 0. The third-order valence-corrected chi connectivity index (χ3v) is 5.56. The molecule has 4 rings (SSSR count). The number of ether oxygens (including phenoxy) is 2. The lowest BCUT2D eigenvalue weighted by molar-refractivity contribution is -0.139. The Balaban J connectivity index is 1.51. The maximum atomic E-state index is 13.2. The number of carbonyl (C=O) groups is 1. The van der Waals surface area contributed by atoms with Gasteiger partial charge in [0.25, 0.3) is 5.91 Å². The molecule has 1 amide bonds. The van der Waals surface area contributed by atoms with E-state index in [2.05, 4.69) is 5.32 Å². The summed E-state index contributed by atoms with van der Waals surface area (Å²) in [5, 5.41) is 3.19. The van der Waals surface area contributed by atoms with Gasteiger partial charge in [0.1, 0.15) is 5.82 Å². The lowest BCUT2D eigenvalue weighted by atomic mass is 9.84. The van der Waals surface area contributed by atoms with Crippen molar-refractivity contribution in [1.82, 2.24) is 5.32 Å². The largest absolute Gasteiger partial charge is 0.381 e. The average molecular weight is 369 g/mol. The first-order valence-corrected chi connectivity index (χ1v) is 9.53. The second-order valence-corrected chi connectivity index (χ2v) is 7.36. The molecule has 1 spiro atoms. The summed E-state index contributed by atoms with van der Waals surface area (Å²) in [4.78, 5) is 13.0. The highest BCUT2D eigenvalue weighted by Gasteiger charge is 2.39. The highest BCUT2D eigenvalue weighted by atomic mass is 19.1. The van der Waals surface area contributed by atoms with Gasteiger partial charge in [0.05, 0.1) is 5.60 Å². The Kier molecular flexibility index (Phi) is 5.23. The molecule has 4 nitrogen and oxygen atoms in total. The molecular weight excluding hydrogens is 345 g/mol. The Hall–Kier alpha value is -2.24. The summed E-state index contributed by atoms with van der Waals surface area (Å²) in [5.41, 5.74) is 2.08. The standard InChI is InChI=1S/C22H24FNO3/c23-17-7-5-16(6-8-17)19-3-1-2-4-20(19)21(25)24-18-9-12-27-22(15-18)10-13-26-14-11-22/h1-8,18H,9-15H2,(H,24,25)/t18-/m0/s1. The fourth-order valence-corrected chi connectivity index (χ4v) is 4.07. The van der Waals surface area contributed by atoms with E-state index in [-0.39, 0.29) is 23.4 Å². The molecule has 1 N–H and O–H groups in total. The minimum atomic E-state index is -0.287. The molecule has 2 fully saturated rings. The van der Waals surface area contributed by atoms with Crippen LogP contribution in [0.2, 0.25) is 0 Å². The van der Waals surface area contributed by atoms with E-state index in [1.165, 1.54) is 12.1 Å². The molecule has 5 heteroatoms. The molecule has 0 unspecified atom stereocenters. The molecule has 0 radical (unpaired) electrons. The van der Waals surface area contributed by atoms with Crippen LogP contribution in [0.3, 0.4) is 0 Å². The molecule has 2 saturated heterocycles. The maximum absolute atomic E-state index is 13.2. The zero-order valence-electron chi connectivity index (χ0n) is 15.2. The van der Waals surface area contributed by atoms with Crippen molar-refractivity contribution in [1.29, 1.82) is 0 Å². The van der Waals surface area contributed by atoms with Gasteiger partial charge in [0, 0.05) is 31.4 Å². The smallest absolute Gasteiger partial charge is 0.252 e. The van der Waals surface area contributed by atoms with Crippen LogP contribution in [0.4, 0.5) is 4.39 Å². The van der Waals surface area contributed by atoms with Crippen LogP contribution in [0.1, 0.15) is 36.0 Å². The number of amides is 1. The normalized spacial score (nSPS) is 21.7. The molecule has 0 bridgehead atoms. The molecule has 0 saturated carbocycles. The van der Waals surface area contributed by atoms with Crippen LogP contribution in [-0.4, -0.2) is 37.4 Å². The van der Waals surface area contributed by atoms with Crippen molar-refractivity contribution in [3.8, 4) is 11.1 Å². The second kappa shape index (κ2) is 7.79. The lowest BCUT2D eigenvalue weighted by Crippen LogP contribution is -2.51. The van der Waals surface area contributed by atoms with Crippen LogP contribution in [0.15, 0.2) is 48.5 Å². The molecule has 0 aliphatic carbocycles. The highest BCUT2D eigenvalue weighted by molar-refractivity contribution is 6.01. The van der Waals surface area contributed by atoms with Crippen LogP contribution in [0.5, 0.6) is 0 Å². The van der Waals surface area contributed by atoms with Gasteiger partial charge in [-0.15, -0.1) is 0 Å². The van der Waals surface area contributed by atoms with E-state index in [0.29, 0.717) is 25.4 Å². The Morgan fingerprint density at radius 3 is 2.56 bits per heavy atom. The maximum Gasteiger partial charge on any atom is 0.252 e. The van der Waals surface area contributed by atoms with Crippen molar-refractivity contribution in [3.05, 3.63) is 59.9 Å². The van der Waals surface area contributed by atoms with Gasteiger partial charge in [0.15, 0.2) is 0 Å². The monoisotopic (exact) mass is 369 g/mol. The van der Waals surface area contributed by atoms with E-state index in [4.69, 9.17) is 9.47 Å². The molecule has 2 aromatic rings. The van der Waals surface area contributed by atoms with Crippen molar-refractivity contribution in [3.63, 3.8) is 0 Å². The number of halogens is 1. The third-order valence-electron chi connectivity index (χ3n) is 5.56. The first-order chi connectivity index (χ1) is 13.2. The molecule has 0 aromatic heterocycles. The Morgan fingerprint density at radius 1 is 1.04 bits per heavy atom. The van der Waals surface area contributed by atoms with E-state index >= 15 is 0 Å². The molecule has 2 aliphatic heterocycles. The minimum absolute atomic E-state index is 0.0885. The van der Waals surface area contributed by atoms with Gasteiger partial charge >= 0.3 is 0 Å². The third kappa shape index (κ3) is 4.04. The summed E-state index contributed by atoms with van der Waals surface area (Å²) in [6.07, 6.45) is 3.39. The van der Waals surface area contributed by atoms with Gasteiger partial charge in [-0.3, -0.25) is 4.79 Å². The number of nitrogens with one attached hydrogen (secondary N) is 1. The van der Waals surface area contributed by atoms with Gasteiger partial charge in [0.2, 0.25) is 0 Å². The van der Waals surface area contributed by atoms with Gasteiger partial charge in [-0.05, 0) is 55.0 Å². The van der Waals surface area contributed by atoms with E-state index < -0.39 is 0 Å². The Labute approximate surface area is 158 Å². The van der Waals surface area contributed by atoms with Crippen molar-refractivity contribution in [2.45, 2.75) is 37.3 Å². The molecular formula is C22H24FNO3. The predicted octanol–water partition coefficient (Wildman–Crippen LogP) is 3.95. The first-order valence-electron chi connectivity index (χ1n) is 9.53. The number of hydrogen-bond donors (Lipinski definition) is 1. The van der Waals surface area contributed by atoms with Crippen LogP contribution in [0.25, 0.3) is 11.1 Å². The van der Waals surface area contributed by atoms with Crippen LogP contribution in [-0.2, 0) is 9.47 Å². The predicted molar refractivity (Wildman–Crippen MR) is 101 cm³/mol. The summed E-state index contributed by atoms with van der Waals surface area (Å²) in [6.45, 7) is 2.09. The number of hydrogen-bond acceptors (Lipinski definition) is 3. The van der Waals surface area contributed by atoms with Crippen molar-refractivity contribution in [2.75, 3.05) is 19.8 Å². The van der Waals surface area contributed by atoms with E-state index in [1.807, 2.05) is 24.3 Å². The van der Waals surface area contributed by atoms with Crippen LogP contribution in [0, 0.1) is 5.82 Å². The molecule has 1 atom stereocenters. The van der Waals surface area contributed by atoms with Gasteiger partial charge in [-0.1, -0.05) is 30.3 Å². The molecule has 27 heavy (non-hydrogen) atoms. The Bertz CT molecular complexity index is 794. The van der Waals surface area contributed by atoms with Crippen molar-refractivity contribution < 1.29 is 18.7 Å². The van der Waals surface area contributed by atoms with E-state index in [1.54, 1.807) is 12.1 Å². The molecule has 2 heterocycles. The molecule has 2 aliphatic rings. The SMILES string of the molecule is O=C(N[C@H]1CCOC2(CCOCC2)C1)c1ccccc1-c1ccc(F)cc1. The summed E-state index contributed by atoms with van der Waals surface area (Å²) in [7, 11) is 0. The molecule has 142 valence electrons. The topological polar surface area (TPSA) is 47.6 Å². The van der Waals surface area contributed by atoms with Crippen molar-refractivity contribution >= 4 is 5.91 Å². The minimum Gasteiger partial charge on any atom is -0.381 e. The molecule has 2 aromatic carbocycles. The van der Waals surface area contributed by atoms with Gasteiger partial charge in [-0.25, -0.2) is 4.39 Å². The second-order valence-electron chi connectivity index (χ2n) is 7.36. The fourth-order valence-electron chi connectivity index (χ4n) is 4.07. The van der Waals surface area contributed by atoms with Crippen molar-refractivity contribution in [2.24, 2.45) is 0 Å². The lowest BCUT2D eigenvalue weighted by Gasteiger charge is -2.43. The zero-order chi connectivity index (χ0) is 18.7. The Morgan fingerprint density at radius 2 is 1.78 bits per heavy atom. The fraction of sp³-hybridized carbons (Fsp3) is 0.409. The van der Waals surface area contributed by atoms with E-state index in [0.717, 1.165) is 36.8 Å². The van der Waals surface area contributed by atoms with Gasteiger partial charge < -0.3 is 14.8 Å². The number of rotatable bonds is 3. The number of benzene rings is 2. The summed E-state index contributed by atoms with van der Waals surface area (Å²) in [6, 6.07) is 13.8. The zero-order valence-corrected chi connectivity index (χ0v) is 15.2. The average Bonchev–Trinajstić information content (AvgIpc) is 2.69. The first kappa shape index (κ1) is 18.1.